The normalized spacial score (nSPS) is 37.8. The van der Waals surface area contributed by atoms with Gasteiger partial charge in [0.15, 0.2) is 17.9 Å². The number of aliphatic hydroxyl groups is 9. The molecular formula is C58H84N2O18. The molecule has 0 aliphatic carbocycles. The van der Waals surface area contributed by atoms with Crippen LogP contribution in [0.2, 0.25) is 0 Å². The summed E-state index contributed by atoms with van der Waals surface area (Å²) in [5.74, 6) is -7.63. The topological polar surface area (TPSA) is 360 Å². The molecule has 0 unspecified atom stereocenters. The van der Waals surface area contributed by atoms with E-state index < -0.39 is 141 Å². The number of aliphatic hydroxyl groups excluding tert-OH is 8. The van der Waals surface area contributed by atoms with Gasteiger partial charge >= 0.3 is 11.9 Å². The van der Waals surface area contributed by atoms with Crippen LogP contribution in [0.25, 0.3) is 0 Å². The number of rotatable bonds is 10. The van der Waals surface area contributed by atoms with Gasteiger partial charge in [0.2, 0.25) is 0 Å². The van der Waals surface area contributed by atoms with Crippen LogP contribution in [0, 0.1) is 17.8 Å². The molecule has 14 N–H and O–H groups in total. The number of benzene rings is 1. The number of anilines is 1. The molecular weight excluding hydrogens is 1010 g/mol. The molecule has 2 fully saturated rings. The number of cyclic esters (lactones) is 1. The molecule has 0 spiro atoms. The van der Waals surface area contributed by atoms with Crippen molar-refractivity contribution in [1.82, 2.24) is 0 Å². The van der Waals surface area contributed by atoms with Crippen molar-refractivity contribution in [2.24, 2.45) is 23.5 Å². The van der Waals surface area contributed by atoms with Crippen molar-refractivity contribution < 1.29 is 89.2 Å². The van der Waals surface area contributed by atoms with Gasteiger partial charge in [-0.3, -0.25) is 19.2 Å². The Bertz CT molecular complexity index is 2250. The number of allylic oxidation sites excluding steroid dienone is 12. The van der Waals surface area contributed by atoms with Gasteiger partial charge in [-0.25, -0.2) is 0 Å². The summed E-state index contributed by atoms with van der Waals surface area (Å²) in [5.41, 5.74) is 12.7. The number of hydrogen-bond donors (Lipinski definition) is 12. The molecule has 0 radical (unpaired) electrons. The molecule has 1 aromatic carbocycles. The standard InChI is InChI=1S/C58H84N2O18/c1-35-17-14-12-10-8-6-4-5-7-9-11-13-15-20-46(76-57-54(71)52(60)53(70)37(3)75-57)32-49-51(56(72)73)48(68)34-58(74,78-49)33-45(66)28-41(62)19-16-18-40(61)27-43(64)29-44(65)31-50(69)77-55(35)36(2)21-26-42(63)30-47(67)38-22-24-39(59)25-23-38/h4-15,17,20,22-25,35-37,40-43,45-46,48-49,51-55,57,61-64,66,68,70-71,74H,16,18-19,21,26-34,59-60H2,1-3H3,(H,72,73)/b5-4+,8-6+,9-7+,12-10-,13-11+,17-14-,20-15+/t35-,36+,37+,40+,41+,42-,43-,45-,46-,48-,49-,51-,52+,53-,54-,55-,57-,58-/m1/s1. The van der Waals surface area contributed by atoms with Crippen molar-refractivity contribution in [1.29, 1.82) is 0 Å². The average molecular weight is 1100 g/mol. The van der Waals surface area contributed by atoms with Crippen LogP contribution in [-0.4, -0.2) is 166 Å². The summed E-state index contributed by atoms with van der Waals surface area (Å²) in [4.78, 5) is 51.6. The lowest BCUT2D eigenvalue weighted by molar-refractivity contribution is -0.308. The number of esters is 1. The van der Waals surface area contributed by atoms with E-state index in [0.717, 1.165) is 0 Å². The van der Waals surface area contributed by atoms with E-state index in [1.54, 1.807) is 97.2 Å². The molecule has 78 heavy (non-hydrogen) atoms. The third-order valence-corrected chi connectivity index (χ3v) is 14.1. The molecule has 20 nitrogen and oxygen atoms in total. The van der Waals surface area contributed by atoms with Crippen LogP contribution in [0.15, 0.2) is 109 Å². The predicted octanol–water partition coefficient (Wildman–Crippen LogP) is 3.32. The number of nitrogens with two attached hydrogens (primary N) is 2. The lowest BCUT2D eigenvalue weighted by atomic mass is 9.82. The zero-order chi connectivity index (χ0) is 57.5. The second-order valence-electron chi connectivity index (χ2n) is 21.0. The highest BCUT2D eigenvalue weighted by Crippen LogP contribution is 2.38. The zero-order valence-electron chi connectivity index (χ0n) is 44.8. The Hall–Kier alpha value is -5.04. The summed E-state index contributed by atoms with van der Waals surface area (Å²) in [5, 5.41) is 108. The van der Waals surface area contributed by atoms with Crippen molar-refractivity contribution in [3.63, 3.8) is 0 Å². The van der Waals surface area contributed by atoms with E-state index >= 15 is 0 Å². The maximum atomic E-state index is 13.3. The Labute approximate surface area is 456 Å². The van der Waals surface area contributed by atoms with Gasteiger partial charge < -0.3 is 81.5 Å². The lowest BCUT2D eigenvalue weighted by Crippen LogP contribution is -2.61. The van der Waals surface area contributed by atoms with Crippen molar-refractivity contribution in [2.75, 3.05) is 5.73 Å². The molecule has 2 bridgehead atoms. The van der Waals surface area contributed by atoms with Gasteiger partial charge in [-0.15, -0.1) is 0 Å². The highest BCUT2D eigenvalue weighted by atomic mass is 16.7. The molecule has 18 atom stereocenters. The highest BCUT2D eigenvalue weighted by molar-refractivity contribution is 5.96. The molecule has 0 aromatic heterocycles. The quantitative estimate of drug-likeness (QED) is 0.0692. The first-order chi connectivity index (χ1) is 36.9. The average Bonchev–Trinajstić information content (AvgIpc) is 3.41. The Kier molecular flexibility index (Phi) is 27.6. The molecule has 2 saturated heterocycles. The SMILES string of the molecule is C[C@@H]1\C=C/C=C\C=C\C=C\C=C\C=C\C=C\[C@@H](O[C@H]2O[C@@H](C)[C@@H](O)[C@H](N)[C@H]2O)C[C@H]2O[C@](O)(C[C@H](O)C[C@@H](O)CCC[C@H](O)C[C@@H](O)CC(=O)CC(=O)O[C@H]1[C@@H](C)CC[C@@H](O)CC(=O)c1ccc(N)cc1)C[C@@H](O)[C@H]2C(=O)O. The second-order valence-corrected chi connectivity index (χ2v) is 21.0. The van der Waals surface area contributed by atoms with E-state index in [-0.39, 0.29) is 69.0 Å². The largest absolute Gasteiger partial charge is 0.481 e. The molecule has 0 amide bonds. The summed E-state index contributed by atoms with van der Waals surface area (Å²) in [6, 6.07) is 5.26. The Morgan fingerprint density at radius 2 is 1.32 bits per heavy atom. The monoisotopic (exact) mass is 1100 g/mol. The van der Waals surface area contributed by atoms with Crippen LogP contribution >= 0.6 is 0 Å². The molecule has 3 heterocycles. The fourth-order valence-electron chi connectivity index (χ4n) is 9.84. The van der Waals surface area contributed by atoms with Crippen LogP contribution in [-0.2, 0) is 33.3 Å². The van der Waals surface area contributed by atoms with E-state index in [1.165, 1.54) is 13.0 Å². The summed E-state index contributed by atoms with van der Waals surface area (Å²) in [6.45, 7) is 5.23. The van der Waals surface area contributed by atoms with Gasteiger partial charge in [0.05, 0.1) is 67.1 Å². The van der Waals surface area contributed by atoms with Gasteiger partial charge in [0, 0.05) is 49.3 Å². The number of ketones is 2. The number of ether oxygens (including phenoxy) is 4. The Balaban J connectivity index is 1.52. The minimum absolute atomic E-state index is 0.0720. The van der Waals surface area contributed by atoms with Crippen LogP contribution in [0.4, 0.5) is 5.69 Å². The van der Waals surface area contributed by atoms with Crippen molar-refractivity contribution in [3.05, 3.63) is 115 Å². The fourth-order valence-corrected chi connectivity index (χ4v) is 9.84. The smallest absolute Gasteiger partial charge is 0.313 e. The first kappa shape index (κ1) is 65.5. The van der Waals surface area contributed by atoms with Gasteiger partial charge in [-0.05, 0) is 82.1 Å². The maximum absolute atomic E-state index is 13.3. The first-order valence-corrected chi connectivity index (χ1v) is 26.9. The number of nitrogen functional groups attached to an aromatic ring is 1. The Morgan fingerprint density at radius 1 is 0.756 bits per heavy atom. The molecule has 434 valence electrons. The van der Waals surface area contributed by atoms with Crippen LogP contribution in [0.1, 0.15) is 115 Å². The van der Waals surface area contributed by atoms with E-state index in [9.17, 15) is 70.2 Å². The number of carbonyl (C=O) groups excluding carboxylic acids is 3. The summed E-state index contributed by atoms with van der Waals surface area (Å²) in [7, 11) is 0. The van der Waals surface area contributed by atoms with Crippen molar-refractivity contribution in [3.8, 4) is 0 Å². The summed E-state index contributed by atoms with van der Waals surface area (Å²) < 4.78 is 23.7. The van der Waals surface area contributed by atoms with Gasteiger partial charge in [0.1, 0.15) is 30.3 Å². The number of carboxylic acids is 1. The second kappa shape index (κ2) is 32.9. The molecule has 1 aromatic rings. The summed E-state index contributed by atoms with van der Waals surface area (Å²) in [6.07, 6.45) is 6.31. The lowest BCUT2D eigenvalue weighted by Gasteiger charge is -2.45. The van der Waals surface area contributed by atoms with Crippen LogP contribution in [0.5, 0.6) is 0 Å². The molecule has 3 aliphatic heterocycles. The van der Waals surface area contributed by atoms with Crippen LogP contribution in [0.3, 0.4) is 0 Å². The molecule has 3 aliphatic rings. The van der Waals surface area contributed by atoms with E-state index in [1.807, 2.05) is 19.9 Å². The number of hydrogen-bond acceptors (Lipinski definition) is 19. The van der Waals surface area contributed by atoms with Gasteiger partial charge in [-0.1, -0.05) is 98.9 Å². The number of aliphatic carboxylic acids is 1. The van der Waals surface area contributed by atoms with Crippen LogP contribution < -0.4 is 11.5 Å². The third-order valence-electron chi connectivity index (χ3n) is 14.1. The molecule has 20 heteroatoms. The van der Waals surface area contributed by atoms with Gasteiger partial charge in [0.25, 0.3) is 0 Å². The minimum atomic E-state index is -2.27. The number of carbonyl (C=O) groups is 4. The predicted molar refractivity (Wildman–Crippen MR) is 289 cm³/mol. The number of Topliss-reactive ketones (excluding diaryl/α,β-unsaturated/α-hetero) is 2. The number of carboxylic acid groups (broad SMARTS) is 1. The van der Waals surface area contributed by atoms with Gasteiger partial charge in [-0.2, -0.15) is 0 Å². The fraction of sp³-hybridized carbons (Fsp3) is 0.586. The zero-order valence-corrected chi connectivity index (χ0v) is 44.8. The van der Waals surface area contributed by atoms with E-state index in [0.29, 0.717) is 17.7 Å². The minimum Gasteiger partial charge on any atom is -0.481 e. The van der Waals surface area contributed by atoms with Crippen molar-refractivity contribution in [2.45, 2.75) is 196 Å². The maximum Gasteiger partial charge on any atom is 0.313 e. The molecule has 0 saturated carbocycles. The Morgan fingerprint density at radius 3 is 1.91 bits per heavy atom. The summed E-state index contributed by atoms with van der Waals surface area (Å²) >= 11 is 0. The third kappa shape index (κ3) is 22.6. The molecule has 4 rings (SSSR count). The number of fused-ring (bicyclic) bond motifs is 2. The van der Waals surface area contributed by atoms with Crippen molar-refractivity contribution >= 4 is 29.2 Å². The highest BCUT2D eigenvalue weighted by Gasteiger charge is 2.51. The first-order valence-electron chi connectivity index (χ1n) is 26.9. The van der Waals surface area contributed by atoms with E-state index in [2.05, 4.69) is 0 Å². The van der Waals surface area contributed by atoms with E-state index in [4.69, 9.17) is 30.4 Å².